The normalized spacial score (nSPS) is 14.1. The minimum Gasteiger partial charge on any atom is -0.352 e. The highest BCUT2D eigenvalue weighted by Crippen LogP contribution is 2.25. The van der Waals surface area contributed by atoms with Crippen LogP contribution in [0.2, 0.25) is 10.0 Å². The van der Waals surface area contributed by atoms with Crippen LogP contribution in [0.25, 0.3) is 0 Å². The van der Waals surface area contributed by atoms with E-state index in [9.17, 15) is 9.59 Å². The van der Waals surface area contributed by atoms with Gasteiger partial charge in [-0.1, -0.05) is 23.2 Å². The summed E-state index contributed by atoms with van der Waals surface area (Å²) in [6.07, 6.45) is 2.02. The number of amides is 2. The van der Waals surface area contributed by atoms with Crippen molar-refractivity contribution in [3.05, 3.63) is 28.2 Å². The molecule has 6 heteroatoms. The van der Waals surface area contributed by atoms with E-state index in [-0.39, 0.29) is 24.4 Å². The van der Waals surface area contributed by atoms with E-state index in [1.54, 1.807) is 18.2 Å². The standard InChI is InChI=1S/C13H14Cl2N2O2/c1-8(18)17(7-13(19)16-11-2-3-11)12-5-9(14)4-10(15)6-12/h4-6,11H,2-3,7H2,1H3,(H,16,19). The number of nitrogens with zero attached hydrogens (tertiary/aromatic N) is 1. The minimum atomic E-state index is -0.232. The molecule has 2 amide bonds. The zero-order valence-electron chi connectivity index (χ0n) is 10.5. The lowest BCUT2D eigenvalue weighted by atomic mass is 10.2. The second-order valence-electron chi connectivity index (χ2n) is 4.57. The number of hydrogen-bond acceptors (Lipinski definition) is 2. The molecule has 0 atom stereocenters. The molecular weight excluding hydrogens is 287 g/mol. The number of nitrogens with one attached hydrogen (secondary N) is 1. The van der Waals surface area contributed by atoms with Crippen molar-refractivity contribution in [1.29, 1.82) is 0 Å². The van der Waals surface area contributed by atoms with Gasteiger partial charge in [-0.25, -0.2) is 0 Å². The molecule has 1 aromatic carbocycles. The maximum absolute atomic E-state index is 11.8. The topological polar surface area (TPSA) is 49.4 Å². The average molecular weight is 301 g/mol. The zero-order valence-corrected chi connectivity index (χ0v) is 12.0. The van der Waals surface area contributed by atoms with Crippen LogP contribution in [0.5, 0.6) is 0 Å². The van der Waals surface area contributed by atoms with Gasteiger partial charge >= 0.3 is 0 Å². The van der Waals surface area contributed by atoms with Gasteiger partial charge in [-0.15, -0.1) is 0 Å². The highest BCUT2D eigenvalue weighted by Gasteiger charge is 2.25. The summed E-state index contributed by atoms with van der Waals surface area (Å²) < 4.78 is 0. The summed E-state index contributed by atoms with van der Waals surface area (Å²) in [5.74, 6) is -0.405. The average Bonchev–Trinajstić information content (AvgIpc) is 3.07. The van der Waals surface area contributed by atoms with E-state index in [4.69, 9.17) is 23.2 Å². The zero-order chi connectivity index (χ0) is 14.0. The van der Waals surface area contributed by atoms with Crippen LogP contribution in [0.15, 0.2) is 18.2 Å². The van der Waals surface area contributed by atoms with Gasteiger partial charge in [0.2, 0.25) is 11.8 Å². The molecular formula is C13H14Cl2N2O2. The fraction of sp³-hybridized carbons (Fsp3) is 0.385. The van der Waals surface area contributed by atoms with Crippen molar-refractivity contribution in [3.8, 4) is 0 Å². The Morgan fingerprint density at radius 2 is 1.84 bits per heavy atom. The van der Waals surface area contributed by atoms with Gasteiger partial charge in [-0.2, -0.15) is 0 Å². The Balaban J connectivity index is 2.13. The summed E-state index contributed by atoms with van der Waals surface area (Å²) in [4.78, 5) is 24.8. The van der Waals surface area contributed by atoms with Crippen molar-refractivity contribution < 1.29 is 9.59 Å². The van der Waals surface area contributed by atoms with Crippen LogP contribution in [0.3, 0.4) is 0 Å². The molecule has 0 aromatic heterocycles. The van der Waals surface area contributed by atoms with Crippen LogP contribution in [0, 0.1) is 0 Å². The molecule has 0 unspecified atom stereocenters. The van der Waals surface area contributed by atoms with Crippen molar-refractivity contribution in [3.63, 3.8) is 0 Å². The molecule has 2 rings (SSSR count). The maximum atomic E-state index is 11.8. The van der Waals surface area contributed by atoms with Gasteiger partial charge in [0.05, 0.1) is 0 Å². The fourth-order valence-electron chi connectivity index (χ4n) is 1.72. The Bertz CT molecular complexity index is 495. The predicted octanol–water partition coefficient (Wildman–Crippen LogP) is 2.62. The first kappa shape index (κ1) is 14.2. The number of carbonyl (C=O) groups is 2. The molecule has 4 nitrogen and oxygen atoms in total. The molecule has 1 aliphatic carbocycles. The highest BCUT2D eigenvalue weighted by atomic mass is 35.5. The monoisotopic (exact) mass is 300 g/mol. The highest BCUT2D eigenvalue weighted by molar-refractivity contribution is 6.35. The first-order valence-electron chi connectivity index (χ1n) is 5.99. The van der Waals surface area contributed by atoms with Gasteiger partial charge in [0.1, 0.15) is 6.54 Å². The Labute approximate surface area is 121 Å². The molecule has 0 bridgehead atoms. The van der Waals surface area contributed by atoms with Crippen LogP contribution in [0.1, 0.15) is 19.8 Å². The Hall–Kier alpha value is -1.26. The largest absolute Gasteiger partial charge is 0.352 e. The predicted molar refractivity (Wildman–Crippen MR) is 75.7 cm³/mol. The van der Waals surface area contributed by atoms with E-state index >= 15 is 0 Å². The molecule has 1 N–H and O–H groups in total. The van der Waals surface area contributed by atoms with Crippen LogP contribution in [0.4, 0.5) is 5.69 Å². The van der Waals surface area contributed by atoms with Crippen molar-refractivity contribution >= 4 is 40.7 Å². The fourth-order valence-corrected chi connectivity index (χ4v) is 2.24. The van der Waals surface area contributed by atoms with Gasteiger partial charge in [0, 0.05) is 28.7 Å². The summed E-state index contributed by atoms with van der Waals surface area (Å²) in [7, 11) is 0. The molecule has 1 aromatic rings. The summed E-state index contributed by atoms with van der Waals surface area (Å²) in [5.41, 5.74) is 0.524. The molecule has 0 heterocycles. The van der Waals surface area contributed by atoms with E-state index in [2.05, 4.69) is 5.32 Å². The van der Waals surface area contributed by atoms with E-state index < -0.39 is 0 Å². The molecule has 0 saturated heterocycles. The lowest BCUT2D eigenvalue weighted by Gasteiger charge is -2.21. The third-order valence-electron chi connectivity index (χ3n) is 2.78. The van der Waals surface area contributed by atoms with Crippen molar-refractivity contribution in [2.75, 3.05) is 11.4 Å². The number of benzene rings is 1. The van der Waals surface area contributed by atoms with Crippen molar-refractivity contribution in [1.82, 2.24) is 5.32 Å². The Kier molecular flexibility index (Phi) is 4.32. The summed E-state index contributed by atoms with van der Waals surface area (Å²) >= 11 is 11.8. The second kappa shape index (κ2) is 5.80. The van der Waals surface area contributed by atoms with E-state index in [0.29, 0.717) is 15.7 Å². The lowest BCUT2D eigenvalue weighted by Crippen LogP contribution is -2.40. The second-order valence-corrected chi connectivity index (χ2v) is 5.45. The molecule has 0 aliphatic heterocycles. The third kappa shape index (κ3) is 4.11. The van der Waals surface area contributed by atoms with Gasteiger partial charge in [0.15, 0.2) is 0 Å². The molecule has 102 valence electrons. The summed E-state index contributed by atoms with van der Waals surface area (Å²) in [6, 6.07) is 5.07. The van der Waals surface area contributed by atoms with Crippen LogP contribution < -0.4 is 10.2 Å². The number of rotatable bonds is 4. The number of carbonyl (C=O) groups excluding carboxylic acids is 2. The number of anilines is 1. The quantitative estimate of drug-likeness (QED) is 0.929. The first-order valence-corrected chi connectivity index (χ1v) is 6.75. The maximum Gasteiger partial charge on any atom is 0.240 e. The molecule has 1 aliphatic rings. The van der Waals surface area contributed by atoms with E-state index in [1.165, 1.54) is 11.8 Å². The Morgan fingerprint density at radius 1 is 1.26 bits per heavy atom. The smallest absolute Gasteiger partial charge is 0.240 e. The van der Waals surface area contributed by atoms with E-state index in [1.807, 2.05) is 0 Å². The van der Waals surface area contributed by atoms with Gasteiger partial charge in [-0.3, -0.25) is 9.59 Å². The van der Waals surface area contributed by atoms with Gasteiger partial charge < -0.3 is 10.2 Å². The molecule has 0 spiro atoms. The van der Waals surface area contributed by atoms with Crippen LogP contribution in [-0.4, -0.2) is 24.4 Å². The Morgan fingerprint density at radius 3 is 2.32 bits per heavy atom. The van der Waals surface area contributed by atoms with E-state index in [0.717, 1.165) is 12.8 Å². The molecule has 0 radical (unpaired) electrons. The number of halogens is 2. The van der Waals surface area contributed by atoms with Gasteiger partial charge in [-0.05, 0) is 31.0 Å². The SMILES string of the molecule is CC(=O)N(CC(=O)NC1CC1)c1cc(Cl)cc(Cl)c1. The minimum absolute atomic E-state index is 0.0253. The van der Waals surface area contributed by atoms with Crippen molar-refractivity contribution in [2.24, 2.45) is 0 Å². The third-order valence-corrected chi connectivity index (χ3v) is 3.22. The summed E-state index contributed by atoms with van der Waals surface area (Å²) in [5, 5.41) is 3.69. The molecule has 1 saturated carbocycles. The van der Waals surface area contributed by atoms with Crippen molar-refractivity contribution in [2.45, 2.75) is 25.8 Å². The van der Waals surface area contributed by atoms with Crippen LogP contribution in [-0.2, 0) is 9.59 Å². The summed E-state index contributed by atoms with van der Waals surface area (Å²) in [6.45, 7) is 1.38. The number of hydrogen-bond donors (Lipinski definition) is 1. The lowest BCUT2D eigenvalue weighted by molar-refractivity contribution is -0.123. The van der Waals surface area contributed by atoms with Gasteiger partial charge in [0.25, 0.3) is 0 Å². The first-order chi connectivity index (χ1) is 8.95. The molecule has 1 fully saturated rings. The van der Waals surface area contributed by atoms with Crippen LogP contribution >= 0.6 is 23.2 Å². The molecule has 19 heavy (non-hydrogen) atoms.